The highest BCUT2D eigenvalue weighted by Gasteiger charge is 2.01. The molecule has 3 heteroatoms. The second kappa shape index (κ2) is 6.77. The molecule has 0 amide bonds. The predicted molar refractivity (Wildman–Crippen MR) is 72.4 cm³/mol. The zero-order chi connectivity index (χ0) is 12.6. The molecule has 0 aliphatic rings. The van der Waals surface area contributed by atoms with Crippen molar-refractivity contribution in [2.75, 3.05) is 6.61 Å². The lowest BCUT2D eigenvalue weighted by molar-refractivity contribution is 0.306. The number of pyridine rings is 1. The van der Waals surface area contributed by atoms with Crippen LogP contribution in [0.15, 0.2) is 48.7 Å². The van der Waals surface area contributed by atoms with Crippen LogP contribution in [-0.2, 0) is 13.0 Å². The maximum absolute atomic E-state index is 5.71. The summed E-state index contributed by atoms with van der Waals surface area (Å²) < 4.78 is 5.71. The van der Waals surface area contributed by atoms with E-state index in [9.17, 15) is 0 Å². The highest BCUT2D eigenvalue weighted by molar-refractivity contribution is 5.26. The van der Waals surface area contributed by atoms with E-state index in [-0.39, 0.29) is 0 Å². The van der Waals surface area contributed by atoms with E-state index in [4.69, 9.17) is 10.5 Å². The van der Waals surface area contributed by atoms with Crippen LogP contribution >= 0.6 is 0 Å². The van der Waals surface area contributed by atoms with Crippen molar-refractivity contribution in [3.8, 4) is 5.75 Å². The molecular weight excluding hydrogens is 224 g/mol. The summed E-state index contributed by atoms with van der Waals surface area (Å²) in [6, 6.07) is 14.2. The van der Waals surface area contributed by atoms with E-state index in [2.05, 4.69) is 29.2 Å². The summed E-state index contributed by atoms with van der Waals surface area (Å²) in [4.78, 5) is 4.18. The van der Waals surface area contributed by atoms with E-state index in [0.717, 1.165) is 24.3 Å². The van der Waals surface area contributed by atoms with Crippen molar-refractivity contribution in [3.05, 3.63) is 59.9 Å². The zero-order valence-electron chi connectivity index (χ0n) is 10.4. The van der Waals surface area contributed by atoms with Crippen LogP contribution in [0.2, 0.25) is 0 Å². The monoisotopic (exact) mass is 242 g/mol. The number of nitrogens with zero attached hydrogens (tertiary/aromatic N) is 1. The summed E-state index contributed by atoms with van der Waals surface area (Å²) in [6.07, 6.45) is 3.75. The number of nitrogens with two attached hydrogens (primary N) is 1. The molecule has 0 atom stereocenters. The van der Waals surface area contributed by atoms with E-state index in [0.29, 0.717) is 13.2 Å². The number of aromatic nitrogens is 1. The van der Waals surface area contributed by atoms with E-state index in [1.165, 1.54) is 5.56 Å². The van der Waals surface area contributed by atoms with E-state index >= 15 is 0 Å². The maximum atomic E-state index is 5.71. The number of rotatable bonds is 6. The fourth-order valence-electron chi connectivity index (χ4n) is 1.81. The maximum Gasteiger partial charge on any atom is 0.142 e. The van der Waals surface area contributed by atoms with Crippen LogP contribution in [0.1, 0.15) is 17.7 Å². The second-order valence-corrected chi connectivity index (χ2v) is 4.09. The van der Waals surface area contributed by atoms with Gasteiger partial charge in [-0.15, -0.1) is 0 Å². The number of ether oxygens (including phenoxy) is 1. The lowest BCUT2D eigenvalue weighted by Crippen LogP contribution is -2.06. The van der Waals surface area contributed by atoms with Crippen LogP contribution in [0.4, 0.5) is 0 Å². The highest BCUT2D eigenvalue weighted by atomic mass is 16.5. The van der Waals surface area contributed by atoms with Gasteiger partial charge in [-0.25, -0.2) is 0 Å². The minimum Gasteiger partial charge on any atom is -0.492 e. The third kappa shape index (κ3) is 3.57. The Balaban J connectivity index is 1.78. The highest BCUT2D eigenvalue weighted by Crippen LogP contribution is 2.14. The fourth-order valence-corrected chi connectivity index (χ4v) is 1.81. The molecule has 94 valence electrons. The van der Waals surface area contributed by atoms with Gasteiger partial charge in [0.25, 0.3) is 0 Å². The molecule has 2 N–H and O–H groups in total. The van der Waals surface area contributed by atoms with Crippen molar-refractivity contribution in [1.29, 1.82) is 0 Å². The molecule has 1 heterocycles. The molecule has 0 bridgehead atoms. The zero-order valence-corrected chi connectivity index (χ0v) is 10.4. The molecule has 0 radical (unpaired) electrons. The Kier molecular flexibility index (Phi) is 4.73. The lowest BCUT2D eigenvalue weighted by atomic mass is 10.1. The van der Waals surface area contributed by atoms with Crippen LogP contribution in [0.3, 0.4) is 0 Å². The van der Waals surface area contributed by atoms with Crippen molar-refractivity contribution in [1.82, 2.24) is 4.98 Å². The molecule has 2 rings (SSSR count). The van der Waals surface area contributed by atoms with Crippen molar-refractivity contribution < 1.29 is 4.74 Å². The summed E-state index contributed by atoms with van der Waals surface area (Å²) in [5, 5.41) is 0. The largest absolute Gasteiger partial charge is 0.492 e. The molecule has 0 aliphatic heterocycles. The molecule has 0 saturated heterocycles. The topological polar surface area (TPSA) is 48.1 Å². The van der Waals surface area contributed by atoms with Gasteiger partial charge in [-0.05, 0) is 30.5 Å². The van der Waals surface area contributed by atoms with Crippen LogP contribution < -0.4 is 10.5 Å². The van der Waals surface area contributed by atoms with Gasteiger partial charge in [0.15, 0.2) is 0 Å². The van der Waals surface area contributed by atoms with E-state index < -0.39 is 0 Å². The van der Waals surface area contributed by atoms with Gasteiger partial charge in [-0.1, -0.05) is 30.3 Å². The molecule has 2 aromatic rings. The first-order valence-electron chi connectivity index (χ1n) is 6.21. The lowest BCUT2D eigenvalue weighted by Gasteiger charge is -2.09. The molecular formula is C15H18N2O. The van der Waals surface area contributed by atoms with Gasteiger partial charge in [0.2, 0.25) is 0 Å². The Hall–Kier alpha value is -1.87. The summed E-state index contributed by atoms with van der Waals surface area (Å²) >= 11 is 0. The molecule has 1 aromatic carbocycles. The first-order chi connectivity index (χ1) is 8.90. The van der Waals surface area contributed by atoms with Crippen LogP contribution in [0.25, 0.3) is 0 Å². The van der Waals surface area contributed by atoms with Crippen molar-refractivity contribution in [2.45, 2.75) is 19.4 Å². The quantitative estimate of drug-likeness (QED) is 0.792. The molecule has 0 aliphatic carbocycles. The smallest absolute Gasteiger partial charge is 0.142 e. The Bertz CT molecular complexity index is 471. The minimum absolute atomic E-state index is 0.412. The minimum atomic E-state index is 0.412. The SMILES string of the molecule is NCc1ncccc1OCCCc1ccccc1. The van der Waals surface area contributed by atoms with Crippen molar-refractivity contribution >= 4 is 0 Å². The van der Waals surface area contributed by atoms with Gasteiger partial charge >= 0.3 is 0 Å². The van der Waals surface area contributed by atoms with Crippen molar-refractivity contribution in [2.24, 2.45) is 5.73 Å². The van der Waals surface area contributed by atoms with Crippen LogP contribution in [0.5, 0.6) is 5.75 Å². The normalized spacial score (nSPS) is 10.3. The number of hydrogen-bond donors (Lipinski definition) is 1. The van der Waals surface area contributed by atoms with E-state index in [1.54, 1.807) is 6.20 Å². The Morgan fingerprint density at radius 2 is 1.89 bits per heavy atom. The summed E-state index contributed by atoms with van der Waals surface area (Å²) in [7, 11) is 0. The van der Waals surface area contributed by atoms with E-state index in [1.807, 2.05) is 18.2 Å². The number of hydrogen-bond acceptors (Lipinski definition) is 3. The third-order valence-electron chi connectivity index (χ3n) is 2.75. The summed E-state index contributed by atoms with van der Waals surface area (Å²) in [5.74, 6) is 0.799. The Labute approximate surface area is 108 Å². The first-order valence-corrected chi connectivity index (χ1v) is 6.21. The summed E-state index contributed by atoms with van der Waals surface area (Å²) in [5.41, 5.74) is 7.76. The van der Waals surface area contributed by atoms with Crippen LogP contribution in [0, 0.1) is 0 Å². The number of benzene rings is 1. The molecule has 3 nitrogen and oxygen atoms in total. The Morgan fingerprint density at radius 1 is 1.06 bits per heavy atom. The average molecular weight is 242 g/mol. The van der Waals surface area contributed by atoms with Gasteiger partial charge in [0, 0.05) is 12.7 Å². The fraction of sp³-hybridized carbons (Fsp3) is 0.267. The molecule has 0 unspecified atom stereocenters. The van der Waals surface area contributed by atoms with Gasteiger partial charge in [0.1, 0.15) is 5.75 Å². The third-order valence-corrected chi connectivity index (χ3v) is 2.75. The molecule has 1 aromatic heterocycles. The van der Waals surface area contributed by atoms with Crippen LogP contribution in [-0.4, -0.2) is 11.6 Å². The molecule has 0 saturated carbocycles. The van der Waals surface area contributed by atoms with Gasteiger partial charge < -0.3 is 10.5 Å². The van der Waals surface area contributed by atoms with Gasteiger partial charge in [0.05, 0.1) is 12.3 Å². The van der Waals surface area contributed by atoms with Gasteiger partial charge in [-0.2, -0.15) is 0 Å². The summed E-state index contributed by atoms with van der Waals surface area (Å²) in [6.45, 7) is 1.10. The molecule has 0 spiro atoms. The van der Waals surface area contributed by atoms with Gasteiger partial charge in [-0.3, -0.25) is 4.98 Å². The standard InChI is InChI=1S/C15H18N2O/c16-12-14-15(9-4-10-17-14)18-11-5-8-13-6-2-1-3-7-13/h1-4,6-7,9-10H,5,8,11-12,16H2. The predicted octanol–water partition coefficient (Wildman–Crippen LogP) is 2.55. The molecule has 18 heavy (non-hydrogen) atoms. The average Bonchev–Trinajstić information content (AvgIpc) is 2.45. The Morgan fingerprint density at radius 3 is 2.67 bits per heavy atom. The number of aryl methyl sites for hydroxylation is 1. The second-order valence-electron chi connectivity index (χ2n) is 4.09. The molecule has 0 fully saturated rings. The first kappa shape index (κ1) is 12.6. The van der Waals surface area contributed by atoms with Crippen molar-refractivity contribution in [3.63, 3.8) is 0 Å².